The summed E-state index contributed by atoms with van der Waals surface area (Å²) in [5, 5.41) is 13.6. The van der Waals surface area contributed by atoms with E-state index in [0.717, 1.165) is 5.57 Å². The van der Waals surface area contributed by atoms with Crippen molar-refractivity contribution in [2.24, 2.45) is 0 Å². The largest absolute Gasteiger partial charge is 0.489 e. The van der Waals surface area contributed by atoms with Gasteiger partial charge in [-0.15, -0.1) is 0 Å². The molecule has 0 spiro atoms. The van der Waals surface area contributed by atoms with E-state index in [-0.39, 0.29) is 11.3 Å². The van der Waals surface area contributed by atoms with Gasteiger partial charge in [0.1, 0.15) is 17.9 Å². The van der Waals surface area contributed by atoms with Gasteiger partial charge in [-0.05, 0) is 42.8 Å². The maximum absolute atomic E-state index is 12.2. The molecular weight excluding hydrogens is 296 g/mol. The lowest BCUT2D eigenvalue weighted by molar-refractivity contribution is -0.385. The van der Waals surface area contributed by atoms with Crippen molar-refractivity contribution in [2.45, 2.75) is 6.92 Å². The second-order valence-electron chi connectivity index (χ2n) is 5.00. The molecule has 0 aliphatic carbocycles. The normalized spacial score (nSPS) is 9.96. The van der Waals surface area contributed by atoms with Crippen molar-refractivity contribution in [2.75, 3.05) is 11.9 Å². The summed E-state index contributed by atoms with van der Waals surface area (Å²) in [6.07, 6.45) is 0. The Morgan fingerprint density at radius 1 is 1.22 bits per heavy atom. The van der Waals surface area contributed by atoms with Gasteiger partial charge < -0.3 is 10.1 Å². The average Bonchev–Trinajstić information content (AvgIpc) is 2.54. The molecule has 0 saturated heterocycles. The summed E-state index contributed by atoms with van der Waals surface area (Å²) in [7, 11) is 0. The fraction of sp³-hybridized carbons (Fsp3) is 0.118. The van der Waals surface area contributed by atoms with Crippen LogP contribution in [0.15, 0.2) is 60.7 Å². The van der Waals surface area contributed by atoms with Crippen molar-refractivity contribution in [3.63, 3.8) is 0 Å². The number of nitrogens with one attached hydrogen (secondary N) is 1. The molecule has 2 aromatic carbocycles. The Hall–Kier alpha value is -3.15. The third-order valence-electron chi connectivity index (χ3n) is 2.94. The molecule has 1 N–H and O–H groups in total. The summed E-state index contributed by atoms with van der Waals surface area (Å²) in [6.45, 7) is 6.03. The molecular formula is C17H16N2O4. The number of hydrogen-bond donors (Lipinski definition) is 1. The first-order chi connectivity index (χ1) is 11.0. The smallest absolute Gasteiger partial charge is 0.282 e. The van der Waals surface area contributed by atoms with Crippen LogP contribution in [0.4, 0.5) is 11.4 Å². The Morgan fingerprint density at radius 2 is 1.87 bits per heavy atom. The van der Waals surface area contributed by atoms with E-state index >= 15 is 0 Å². The first-order valence-corrected chi connectivity index (χ1v) is 6.89. The molecule has 0 aliphatic heterocycles. The summed E-state index contributed by atoms with van der Waals surface area (Å²) >= 11 is 0. The van der Waals surface area contributed by atoms with Crippen LogP contribution in [0.25, 0.3) is 0 Å². The molecule has 0 bridgehead atoms. The van der Waals surface area contributed by atoms with Gasteiger partial charge >= 0.3 is 0 Å². The minimum atomic E-state index is -0.580. The van der Waals surface area contributed by atoms with Crippen molar-refractivity contribution < 1.29 is 14.5 Å². The molecule has 2 aromatic rings. The predicted molar refractivity (Wildman–Crippen MR) is 87.8 cm³/mol. The molecule has 2 rings (SSSR count). The zero-order valence-electron chi connectivity index (χ0n) is 12.6. The standard InChI is InChI=1S/C17H16N2O4/c1-12(2)11-23-14-9-7-13(8-10-14)18-17(20)15-5-3-4-6-16(15)19(21)22/h3-10H,1,11H2,2H3,(H,18,20). The molecule has 0 unspecified atom stereocenters. The van der Waals surface area contributed by atoms with Crippen molar-refractivity contribution in [1.29, 1.82) is 0 Å². The van der Waals surface area contributed by atoms with E-state index in [1.807, 2.05) is 6.92 Å². The van der Waals surface area contributed by atoms with Gasteiger partial charge in [-0.3, -0.25) is 14.9 Å². The number of hydrogen-bond acceptors (Lipinski definition) is 4. The lowest BCUT2D eigenvalue weighted by atomic mass is 10.1. The highest BCUT2D eigenvalue weighted by Crippen LogP contribution is 2.21. The first-order valence-electron chi connectivity index (χ1n) is 6.89. The number of amides is 1. The van der Waals surface area contributed by atoms with E-state index in [2.05, 4.69) is 11.9 Å². The number of nitro groups is 1. The lowest BCUT2D eigenvalue weighted by Crippen LogP contribution is -2.13. The fourth-order valence-corrected chi connectivity index (χ4v) is 1.86. The van der Waals surface area contributed by atoms with E-state index in [1.165, 1.54) is 18.2 Å². The van der Waals surface area contributed by atoms with Gasteiger partial charge in [-0.25, -0.2) is 0 Å². The molecule has 118 valence electrons. The second kappa shape index (κ2) is 7.22. The molecule has 6 nitrogen and oxygen atoms in total. The SMILES string of the molecule is C=C(C)COc1ccc(NC(=O)c2ccccc2[N+](=O)[O-])cc1. The highest BCUT2D eigenvalue weighted by Gasteiger charge is 2.19. The summed E-state index contributed by atoms with van der Waals surface area (Å²) in [5.74, 6) is 0.115. The Kier molecular flexibility index (Phi) is 5.09. The van der Waals surface area contributed by atoms with Crippen molar-refractivity contribution >= 4 is 17.3 Å². The van der Waals surface area contributed by atoms with Crippen molar-refractivity contribution in [3.8, 4) is 5.75 Å². The summed E-state index contributed by atoms with van der Waals surface area (Å²) in [5.41, 5.74) is 1.21. The minimum absolute atomic E-state index is 0.0140. The molecule has 0 radical (unpaired) electrons. The first kappa shape index (κ1) is 16.2. The molecule has 1 amide bonds. The molecule has 0 aliphatic rings. The zero-order chi connectivity index (χ0) is 16.8. The van der Waals surface area contributed by atoms with E-state index in [0.29, 0.717) is 18.0 Å². The van der Waals surface area contributed by atoms with Gasteiger partial charge in [0.25, 0.3) is 11.6 Å². The minimum Gasteiger partial charge on any atom is -0.489 e. The summed E-state index contributed by atoms with van der Waals surface area (Å²) < 4.78 is 5.46. The Labute approximate surface area is 133 Å². The fourth-order valence-electron chi connectivity index (χ4n) is 1.86. The molecule has 23 heavy (non-hydrogen) atoms. The van der Waals surface area contributed by atoms with Gasteiger partial charge in [0.15, 0.2) is 0 Å². The number of benzene rings is 2. The topological polar surface area (TPSA) is 81.5 Å². The number of para-hydroxylation sites is 1. The summed E-state index contributed by atoms with van der Waals surface area (Å²) in [6, 6.07) is 12.6. The van der Waals surface area contributed by atoms with Crippen LogP contribution in [-0.2, 0) is 0 Å². The molecule has 0 atom stereocenters. The Balaban J connectivity index is 2.09. The second-order valence-corrected chi connectivity index (χ2v) is 5.00. The number of rotatable bonds is 6. The van der Waals surface area contributed by atoms with Crippen LogP contribution >= 0.6 is 0 Å². The highest BCUT2D eigenvalue weighted by molar-refractivity contribution is 6.07. The van der Waals surface area contributed by atoms with Crippen molar-refractivity contribution in [3.05, 3.63) is 76.4 Å². The number of anilines is 1. The Morgan fingerprint density at radius 3 is 2.48 bits per heavy atom. The Bertz CT molecular complexity index is 739. The predicted octanol–water partition coefficient (Wildman–Crippen LogP) is 3.80. The number of ether oxygens (including phenoxy) is 1. The third kappa shape index (κ3) is 4.41. The van der Waals surface area contributed by atoms with Crippen molar-refractivity contribution in [1.82, 2.24) is 0 Å². The molecule has 0 saturated carbocycles. The molecule has 0 heterocycles. The highest BCUT2D eigenvalue weighted by atomic mass is 16.6. The van der Waals surface area contributed by atoms with Gasteiger partial charge in [-0.1, -0.05) is 18.7 Å². The van der Waals surface area contributed by atoms with Gasteiger partial charge in [0.2, 0.25) is 0 Å². The zero-order valence-corrected chi connectivity index (χ0v) is 12.6. The van der Waals surface area contributed by atoms with Gasteiger partial charge in [0.05, 0.1) is 4.92 Å². The van der Waals surface area contributed by atoms with Crippen LogP contribution in [0.3, 0.4) is 0 Å². The van der Waals surface area contributed by atoms with Crippen LogP contribution in [-0.4, -0.2) is 17.4 Å². The van der Waals surface area contributed by atoms with E-state index in [9.17, 15) is 14.9 Å². The maximum Gasteiger partial charge on any atom is 0.282 e. The lowest BCUT2D eigenvalue weighted by Gasteiger charge is -2.08. The number of nitrogens with zero attached hydrogens (tertiary/aromatic N) is 1. The number of nitro benzene ring substituents is 1. The quantitative estimate of drug-likeness (QED) is 0.499. The average molecular weight is 312 g/mol. The monoisotopic (exact) mass is 312 g/mol. The van der Waals surface area contributed by atoms with E-state index in [4.69, 9.17) is 4.74 Å². The number of carbonyl (C=O) groups is 1. The van der Waals surface area contributed by atoms with Gasteiger partial charge in [-0.2, -0.15) is 0 Å². The molecule has 0 aromatic heterocycles. The van der Waals surface area contributed by atoms with E-state index in [1.54, 1.807) is 30.3 Å². The number of carbonyl (C=O) groups excluding carboxylic acids is 1. The molecule has 6 heteroatoms. The van der Waals surface area contributed by atoms with Crippen LogP contribution in [0.2, 0.25) is 0 Å². The summed E-state index contributed by atoms with van der Waals surface area (Å²) in [4.78, 5) is 22.6. The van der Waals surface area contributed by atoms with Crippen LogP contribution < -0.4 is 10.1 Å². The van der Waals surface area contributed by atoms with Crippen LogP contribution in [0.5, 0.6) is 5.75 Å². The third-order valence-corrected chi connectivity index (χ3v) is 2.94. The van der Waals surface area contributed by atoms with Crippen LogP contribution in [0, 0.1) is 10.1 Å². The van der Waals surface area contributed by atoms with E-state index < -0.39 is 10.8 Å². The van der Waals surface area contributed by atoms with Crippen LogP contribution in [0.1, 0.15) is 17.3 Å². The maximum atomic E-state index is 12.2. The molecule has 0 fully saturated rings. The van der Waals surface area contributed by atoms with Gasteiger partial charge in [0, 0.05) is 11.8 Å².